The molecule has 0 spiro atoms. The smallest absolute Gasteiger partial charge is 0.424 e. The summed E-state index contributed by atoms with van der Waals surface area (Å²) < 4.78 is 39.3. The van der Waals surface area contributed by atoms with Crippen molar-refractivity contribution in [3.63, 3.8) is 0 Å². The van der Waals surface area contributed by atoms with Crippen molar-refractivity contribution in [3.05, 3.63) is 29.6 Å². The van der Waals surface area contributed by atoms with Crippen LogP contribution in [0.5, 0.6) is 5.75 Å². The number of fused-ring (bicyclic) bond motifs is 3. The van der Waals surface area contributed by atoms with Crippen molar-refractivity contribution in [2.75, 3.05) is 0 Å². The van der Waals surface area contributed by atoms with Gasteiger partial charge in [-0.3, -0.25) is 0 Å². The molecule has 0 radical (unpaired) electrons. The van der Waals surface area contributed by atoms with Crippen LogP contribution in [0.25, 0.3) is 21.7 Å². The van der Waals surface area contributed by atoms with Crippen molar-refractivity contribution >= 4 is 28.1 Å². The Morgan fingerprint density at radius 1 is 1.37 bits per heavy atom. The maximum absolute atomic E-state index is 14.1. The number of nitrogens with zero attached hydrogens (tertiary/aromatic N) is 2. The SMILES string of the molecule is CC(O)C(F)(F)Oc1ccc(-c2nccs2)c2oc(C3(C)CC4CC(C3)C4=N)nc12. The van der Waals surface area contributed by atoms with Crippen molar-refractivity contribution < 1.29 is 23.0 Å². The molecule has 1 aromatic carbocycles. The maximum Gasteiger partial charge on any atom is 0.424 e. The fraction of sp³-hybridized carbons (Fsp3) is 0.476. The van der Waals surface area contributed by atoms with E-state index in [-0.39, 0.29) is 28.5 Å². The van der Waals surface area contributed by atoms with Crippen LogP contribution >= 0.6 is 11.3 Å². The van der Waals surface area contributed by atoms with Crippen LogP contribution in [0.2, 0.25) is 0 Å². The molecule has 6 rings (SSSR count). The number of nitrogens with one attached hydrogen (secondary N) is 1. The lowest BCUT2D eigenvalue weighted by Gasteiger charge is -2.49. The van der Waals surface area contributed by atoms with Gasteiger partial charge in [-0.05, 0) is 50.2 Å². The van der Waals surface area contributed by atoms with Crippen molar-refractivity contribution in [3.8, 4) is 16.3 Å². The minimum atomic E-state index is -3.76. The average molecular weight is 433 g/mol. The third-order valence-corrected chi connectivity index (χ3v) is 7.07. The van der Waals surface area contributed by atoms with E-state index in [1.165, 1.54) is 17.4 Å². The molecule has 30 heavy (non-hydrogen) atoms. The highest BCUT2D eigenvalue weighted by Gasteiger charge is 2.51. The molecule has 6 nitrogen and oxygen atoms in total. The van der Waals surface area contributed by atoms with Gasteiger partial charge in [-0.2, -0.15) is 8.78 Å². The van der Waals surface area contributed by atoms with E-state index in [1.807, 2.05) is 5.38 Å². The van der Waals surface area contributed by atoms with E-state index in [4.69, 9.17) is 14.6 Å². The van der Waals surface area contributed by atoms with E-state index in [0.29, 0.717) is 22.0 Å². The minimum absolute atomic E-state index is 0.150. The summed E-state index contributed by atoms with van der Waals surface area (Å²) in [7, 11) is 0. The topological polar surface area (TPSA) is 92.2 Å². The molecule has 3 aromatic rings. The first-order valence-corrected chi connectivity index (χ1v) is 10.7. The molecule has 3 unspecified atom stereocenters. The van der Waals surface area contributed by atoms with E-state index in [0.717, 1.165) is 31.9 Å². The van der Waals surface area contributed by atoms with Crippen LogP contribution < -0.4 is 4.74 Å². The number of benzene rings is 1. The molecule has 2 N–H and O–H groups in total. The first kappa shape index (κ1) is 19.6. The highest BCUT2D eigenvalue weighted by Crippen LogP contribution is 2.53. The second-order valence-electron chi connectivity index (χ2n) is 8.54. The van der Waals surface area contributed by atoms with Gasteiger partial charge in [-0.15, -0.1) is 11.3 Å². The molecule has 0 aliphatic heterocycles. The summed E-state index contributed by atoms with van der Waals surface area (Å²) in [5.41, 5.74) is 1.61. The van der Waals surface area contributed by atoms with E-state index in [2.05, 4.69) is 16.9 Å². The number of ether oxygens (including phenoxy) is 1. The first-order chi connectivity index (χ1) is 14.2. The summed E-state index contributed by atoms with van der Waals surface area (Å²) in [6.07, 6.45) is -1.56. The summed E-state index contributed by atoms with van der Waals surface area (Å²) in [6, 6.07) is 3.04. The fourth-order valence-electron chi connectivity index (χ4n) is 4.58. The number of aromatic nitrogens is 2. The van der Waals surface area contributed by atoms with Crippen LogP contribution in [0.15, 0.2) is 28.1 Å². The Hall–Kier alpha value is -2.39. The molecule has 0 amide bonds. The second-order valence-corrected chi connectivity index (χ2v) is 9.43. The lowest BCUT2D eigenvalue weighted by Crippen LogP contribution is -2.50. The molecule has 2 heterocycles. The zero-order valence-corrected chi connectivity index (χ0v) is 17.3. The fourth-order valence-corrected chi connectivity index (χ4v) is 5.24. The number of rotatable bonds is 5. The molecule has 3 aliphatic rings. The second kappa shape index (κ2) is 6.55. The molecular weight excluding hydrogens is 412 g/mol. The standard InChI is InChI=1S/C21H21F2N3O3S/c1-10(27)21(22,23)29-14-4-3-13(18-25-5-6-30-18)17-16(14)26-19(28-17)20(2)8-11-7-12(9-20)15(11)24/h3-6,10-12,24,27H,7-9H2,1-2H3. The van der Waals surface area contributed by atoms with Gasteiger partial charge in [-0.1, -0.05) is 6.92 Å². The Kier molecular flexibility index (Phi) is 4.27. The van der Waals surface area contributed by atoms with Gasteiger partial charge >= 0.3 is 6.11 Å². The average Bonchev–Trinajstić information content (AvgIpc) is 3.38. The van der Waals surface area contributed by atoms with Crippen LogP contribution in [-0.2, 0) is 5.41 Å². The highest BCUT2D eigenvalue weighted by atomic mass is 32.1. The number of aliphatic hydroxyl groups excluding tert-OH is 1. The van der Waals surface area contributed by atoms with Crippen molar-refractivity contribution in [1.82, 2.24) is 9.97 Å². The van der Waals surface area contributed by atoms with Crippen LogP contribution in [-0.4, -0.2) is 33.0 Å². The summed E-state index contributed by atoms with van der Waals surface area (Å²) in [4.78, 5) is 8.91. The maximum atomic E-state index is 14.1. The van der Waals surface area contributed by atoms with Gasteiger partial charge in [0.2, 0.25) is 5.89 Å². The third kappa shape index (κ3) is 2.94. The van der Waals surface area contributed by atoms with Gasteiger partial charge in [0.25, 0.3) is 0 Å². The third-order valence-electron chi connectivity index (χ3n) is 6.26. The van der Waals surface area contributed by atoms with Gasteiger partial charge < -0.3 is 19.7 Å². The highest BCUT2D eigenvalue weighted by molar-refractivity contribution is 7.13. The molecule has 0 saturated heterocycles. The zero-order valence-electron chi connectivity index (χ0n) is 16.5. The summed E-state index contributed by atoms with van der Waals surface area (Å²) in [5.74, 6) is 0.785. The number of halogens is 2. The number of hydrogen-bond acceptors (Lipinski definition) is 7. The van der Waals surface area contributed by atoms with Crippen LogP contribution in [0, 0.1) is 17.2 Å². The Morgan fingerprint density at radius 2 is 2.10 bits per heavy atom. The van der Waals surface area contributed by atoms with Crippen molar-refractivity contribution in [2.45, 2.75) is 50.7 Å². The van der Waals surface area contributed by atoms with E-state index < -0.39 is 12.2 Å². The van der Waals surface area contributed by atoms with Gasteiger partial charge in [0.05, 0.1) is 5.56 Å². The number of aliphatic hydroxyl groups is 1. The number of oxazole rings is 1. The predicted octanol–water partition coefficient (Wildman–Crippen LogP) is 5.01. The van der Waals surface area contributed by atoms with Gasteiger partial charge in [0.15, 0.2) is 23.0 Å². The van der Waals surface area contributed by atoms with Crippen molar-refractivity contribution in [1.29, 1.82) is 5.41 Å². The minimum Gasteiger partial charge on any atom is -0.439 e. The molecule has 9 heteroatoms. The van der Waals surface area contributed by atoms with Crippen molar-refractivity contribution in [2.24, 2.45) is 11.8 Å². The molecule has 158 valence electrons. The van der Waals surface area contributed by atoms with E-state index in [9.17, 15) is 13.9 Å². The largest absolute Gasteiger partial charge is 0.439 e. The number of thiazole rings is 1. The van der Waals surface area contributed by atoms with Crippen LogP contribution in [0.1, 0.15) is 39.0 Å². The van der Waals surface area contributed by atoms with Crippen LogP contribution in [0.3, 0.4) is 0 Å². The van der Waals surface area contributed by atoms with E-state index >= 15 is 0 Å². The lowest BCUT2D eigenvalue weighted by molar-refractivity contribution is -0.233. The molecular formula is C21H21F2N3O3S. The van der Waals surface area contributed by atoms with Gasteiger partial charge in [0.1, 0.15) is 5.01 Å². The summed E-state index contributed by atoms with van der Waals surface area (Å²) in [5, 5.41) is 20.0. The quantitative estimate of drug-likeness (QED) is 0.590. The van der Waals surface area contributed by atoms with E-state index in [1.54, 1.807) is 12.3 Å². The molecule has 3 aliphatic carbocycles. The molecule has 2 bridgehead atoms. The Morgan fingerprint density at radius 3 is 2.70 bits per heavy atom. The van der Waals surface area contributed by atoms with Crippen LogP contribution in [0.4, 0.5) is 8.78 Å². The first-order valence-electron chi connectivity index (χ1n) is 9.85. The molecule has 2 aromatic heterocycles. The molecule has 3 fully saturated rings. The normalized spacial score (nSPS) is 27.2. The van der Waals surface area contributed by atoms with Gasteiger partial charge in [-0.25, -0.2) is 9.97 Å². The van der Waals surface area contributed by atoms with Gasteiger partial charge in [0, 0.05) is 22.7 Å². The number of alkyl halides is 2. The zero-order chi connectivity index (χ0) is 21.3. The number of hydrogen-bond donors (Lipinski definition) is 2. The Balaban J connectivity index is 1.63. The molecule has 3 atom stereocenters. The summed E-state index contributed by atoms with van der Waals surface area (Å²) >= 11 is 1.41. The molecule has 3 saturated carbocycles. The monoisotopic (exact) mass is 433 g/mol. The Bertz CT molecular complexity index is 1110. The lowest BCUT2D eigenvalue weighted by atomic mass is 9.54. The summed E-state index contributed by atoms with van der Waals surface area (Å²) in [6.45, 7) is 3.02. The predicted molar refractivity (Wildman–Crippen MR) is 108 cm³/mol. The Labute approximate surface area is 175 Å².